The van der Waals surface area contributed by atoms with Crippen molar-refractivity contribution >= 4 is 11.7 Å². The van der Waals surface area contributed by atoms with Crippen molar-refractivity contribution < 1.29 is 4.79 Å². The minimum atomic E-state index is -0.0917. The van der Waals surface area contributed by atoms with Gasteiger partial charge in [0.1, 0.15) is 5.82 Å². The van der Waals surface area contributed by atoms with Crippen LogP contribution in [0.25, 0.3) is 0 Å². The molecule has 0 saturated heterocycles. The van der Waals surface area contributed by atoms with E-state index in [1.165, 1.54) is 0 Å². The zero-order valence-corrected chi connectivity index (χ0v) is 12.8. The number of amides is 1. The monoisotopic (exact) mass is 275 g/mol. The first-order valence-electron chi connectivity index (χ1n) is 7.32. The van der Waals surface area contributed by atoms with Crippen molar-refractivity contribution in [3.63, 3.8) is 0 Å². The fraction of sp³-hybridized carbons (Fsp3) is 0.625. The third kappa shape index (κ3) is 2.85. The van der Waals surface area contributed by atoms with Crippen molar-refractivity contribution in [2.75, 3.05) is 5.32 Å². The molecule has 1 amide bonds. The molecule has 0 radical (unpaired) electrons. The lowest BCUT2D eigenvalue weighted by Gasteiger charge is -2.45. The van der Waals surface area contributed by atoms with Crippen LogP contribution in [-0.2, 0) is 4.79 Å². The minimum absolute atomic E-state index is 0.0142. The van der Waals surface area contributed by atoms with Crippen molar-refractivity contribution in [1.82, 2.24) is 4.98 Å². The Morgan fingerprint density at radius 2 is 2.10 bits per heavy atom. The lowest BCUT2D eigenvalue weighted by molar-refractivity contribution is -0.127. The van der Waals surface area contributed by atoms with Gasteiger partial charge in [-0.3, -0.25) is 4.79 Å². The molecule has 3 atom stereocenters. The molecule has 0 aromatic carbocycles. The highest BCUT2D eigenvalue weighted by atomic mass is 16.2. The largest absolute Gasteiger partial charge is 0.327 e. The quantitative estimate of drug-likeness (QED) is 0.872. The number of hydrogen-bond donors (Lipinski definition) is 2. The molecule has 20 heavy (non-hydrogen) atoms. The van der Waals surface area contributed by atoms with Crippen LogP contribution in [0.3, 0.4) is 0 Å². The summed E-state index contributed by atoms with van der Waals surface area (Å²) in [6, 6.07) is 5.84. The van der Waals surface area contributed by atoms with E-state index in [2.05, 4.69) is 31.1 Å². The van der Waals surface area contributed by atoms with E-state index in [0.29, 0.717) is 11.7 Å². The molecule has 0 bridgehead atoms. The number of carbonyl (C=O) groups is 1. The van der Waals surface area contributed by atoms with Crippen LogP contribution in [0, 0.1) is 24.2 Å². The van der Waals surface area contributed by atoms with Gasteiger partial charge in [-0.25, -0.2) is 4.98 Å². The van der Waals surface area contributed by atoms with E-state index in [1.807, 2.05) is 25.1 Å². The van der Waals surface area contributed by atoms with Crippen molar-refractivity contribution in [3.8, 4) is 0 Å². The van der Waals surface area contributed by atoms with E-state index >= 15 is 0 Å². The van der Waals surface area contributed by atoms with E-state index < -0.39 is 0 Å². The van der Waals surface area contributed by atoms with Gasteiger partial charge in [0, 0.05) is 17.7 Å². The first-order valence-corrected chi connectivity index (χ1v) is 7.32. The first-order chi connectivity index (χ1) is 9.32. The molecular formula is C16H25N3O. The Labute approximate surface area is 121 Å². The summed E-state index contributed by atoms with van der Waals surface area (Å²) in [4.78, 5) is 16.9. The molecular weight excluding hydrogens is 250 g/mol. The number of pyridine rings is 1. The summed E-state index contributed by atoms with van der Waals surface area (Å²) in [6.45, 7) is 8.35. The molecule has 1 aromatic rings. The molecule has 0 aliphatic heterocycles. The van der Waals surface area contributed by atoms with Crippen LogP contribution in [0.1, 0.15) is 39.3 Å². The van der Waals surface area contributed by atoms with Gasteiger partial charge in [0.05, 0.1) is 0 Å². The van der Waals surface area contributed by atoms with Crippen LogP contribution in [0.15, 0.2) is 18.2 Å². The second-order valence-electron chi connectivity index (χ2n) is 6.56. The van der Waals surface area contributed by atoms with Gasteiger partial charge in [-0.2, -0.15) is 0 Å². The van der Waals surface area contributed by atoms with Gasteiger partial charge >= 0.3 is 0 Å². The smallest absolute Gasteiger partial charge is 0.229 e. The molecule has 3 N–H and O–H groups in total. The molecule has 1 saturated carbocycles. The summed E-state index contributed by atoms with van der Waals surface area (Å²) >= 11 is 0. The number of hydrogen-bond acceptors (Lipinski definition) is 3. The average molecular weight is 275 g/mol. The molecule has 1 aromatic heterocycles. The van der Waals surface area contributed by atoms with Crippen molar-refractivity contribution in [2.24, 2.45) is 23.0 Å². The third-order valence-corrected chi connectivity index (χ3v) is 4.96. The predicted molar refractivity (Wildman–Crippen MR) is 81.2 cm³/mol. The van der Waals surface area contributed by atoms with Gasteiger partial charge in [-0.1, -0.05) is 26.8 Å². The minimum Gasteiger partial charge on any atom is -0.327 e. The number of carbonyl (C=O) groups excluding carboxylic acids is 1. The van der Waals surface area contributed by atoms with Gasteiger partial charge in [0.2, 0.25) is 5.91 Å². The van der Waals surface area contributed by atoms with E-state index in [0.717, 1.165) is 18.5 Å². The summed E-state index contributed by atoms with van der Waals surface area (Å²) in [7, 11) is 0. The predicted octanol–water partition coefficient (Wildman–Crippen LogP) is 2.73. The van der Waals surface area contributed by atoms with Crippen molar-refractivity contribution in [1.29, 1.82) is 0 Å². The van der Waals surface area contributed by atoms with Crippen LogP contribution in [0.2, 0.25) is 0 Å². The lowest BCUT2D eigenvalue weighted by Crippen LogP contribution is -2.50. The summed E-state index contributed by atoms with van der Waals surface area (Å²) in [6.07, 6.45) is 1.75. The summed E-state index contributed by atoms with van der Waals surface area (Å²) < 4.78 is 0. The van der Waals surface area contributed by atoms with E-state index in [1.54, 1.807) is 0 Å². The maximum Gasteiger partial charge on any atom is 0.229 e. The van der Waals surface area contributed by atoms with Crippen LogP contribution in [0.5, 0.6) is 0 Å². The highest BCUT2D eigenvalue weighted by Gasteiger charge is 2.45. The van der Waals surface area contributed by atoms with E-state index in [9.17, 15) is 4.79 Å². The molecule has 1 aliphatic rings. The molecule has 3 unspecified atom stereocenters. The zero-order valence-electron chi connectivity index (χ0n) is 12.8. The second kappa shape index (κ2) is 5.52. The Balaban J connectivity index is 2.13. The fourth-order valence-corrected chi connectivity index (χ4v) is 3.15. The highest BCUT2D eigenvalue weighted by Crippen LogP contribution is 2.44. The number of nitrogens with two attached hydrogens (primary N) is 1. The topological polar surface area (TPSA) is 68.0 Å². The zero-order chi connectivity index (χ0) is 14.9. The van der Waals surface area contributed by atoms with Gasteiger partial charge < -0.3 is 11.1 Å². The normalized spacial score (nSPS) is 28.9. The number of anilines is 1. The lowest BCUT2D eigenvalue weighted by atomic mass is 9.61. The fourth-order valence-electron chi connectivity index (χ4n) is 3.15. The maximum atomic E-state index is 12.6. The highest BCUT2D eigenvalue weighted by molar-refractivity contribution is 5.92. The van der Waals surface area contributed by atoms with Gasteiger partial charge in [-0.15, -0.1) is 0 Å². The van der Waals surface area contributed by atoms with E-state index in [4.69, 9.17) is 5.73 Å². The molecule has 4 heteroatoms. The standard InChI is InChI=1S/C16H25N3O/c1-10-6-5-7-14(18-10)19-15(20)12-8-9-13(17)11(2)16(12,3)4/h5-7,11-13H,8-9,17H2,1-4H3,(H,18,19,20). The maximum absolute atomic E-state index is 12.6. The molecule has 4 nitrogen and oxygen atoms in total. The average Bonchev–Trinajstić information content (AvgIpc) is 2.36. The first kappa shape index (κ1) is 15.0. The van der Waals surface area contributed by atoms with Gasteiger partial charge in [0.15, 0.2) is 0 Å². The number of nitrogens with one attached hydrogen (secondary N) is 1. The van der Waals surface area contributed by atoms with Crippen LogP contribution >= 0.6 is 0 Å². The Kier molecular flexibility index (Phi) is 4.14. The molecule has 1 fully saturated rings. The molecule has 0 spiro atoms. The molecule has 1 aliphatic carbocycles. The van der Waals surface area contributed by atoms with Crippen LogP contribution in [-0.4, -0.2) is 16.9 Å². The SMILES string of the molecule is Cc1cccc(NC(=O)C2CCC(N)C(C)C2(C)C)n1. The Hall–Kier alpha value is -1.42. The summed E-state index contributed by atoms with van der Waals surface area (Å²) in [5.74, 6) is 1.01. The van der Waals surface area contributed by atoms with Crippen molar-refractivity contribution in [3.05, 3.63) is 23.9 Å². The summed E-state index contributed by atoms with van der Waals surface area (Å²) in [5.41, 5.74) is 6.96. The van der Waals surface area contributed by atoms with Gasteiger partial charge in [-0.05, 0) is 43.2 Å². The number of nitrogens with zero attached hydrogens (tertiary/aromatic N) is 1. The number of rotatable bonds is 2. The summed E-state index contributed by atoms with van der Waals surface area (Å²) in [5, 5.41) is 2.95. The molecule has 2 rings (SSSR count). The van der Waals surface area contributed by atoms with Crippen LogP contribution < -0.4 is 11.1 Å². The van der Waals surface area contributed by atoms with Crippen LogP contribution in [0.4, 0.5) is 5.82 Å². The van der Waals surface area contributed by atoms with Gasteiger partial charge in [0.25, 0.3) is 0 Å². The Morgan fingerprint density at radius 1 is 1.40 bits per heavy atom. The number of aryl methyl sites for hydroxylation is 1. The van der Waals surface area contributed by atoms with E-state index in [-0.39, 0.29) is 23.3 Å². The molecule has 1 heterocycles. The number of aromatic nitrogens is 1. The Morgan fingerprint density at radius 3 is 2.75 bits per heavy atom. The third-order valence-electron chi connectivity index (χ3n) is 4.96. The van der Waals surface area contributed by atoms with Crippen molar-refractivity contribution in [2.45, 2.75) is 46.6 Å². The molecule has 110 valence electrons. The Bertz CT molecular complexity index is 498. The second-order valence-corrected chi connectivity index (χ2v) is 6.56.